The predicted molar refractivity (Wildman–Crippen MR) is 83.4 cm³/mol. The Hall–Kier alpha value is -2.35. The Bertz CT molecular complexity index is 738. The van der Waals surface area contributed by atoms with Crippen LogP contribution >= 0.6 is 11.6 Å². The van der Waals surface area contributed by atoms with E-state index in [4.69, 9.17) is 16.3 Å². The van der Waals surface area contributed by atoms with Crippen molar-refractivity contribution in [3.8, 4) is 0 Å². The van der Waals surface area contributed by atoms with Crippen molar-refractivity contribution >= 4 is 34.7 Å². The zero-order chi connectivity index (χ0) is 17.2. The number of aromatic nitrogens is 3. The summed E-state index contributed by atoms with van der Waals surface area (Å²) in [6.45, 7) is 5.08. The number of nitrogens with one attached hydrogen (secondary N) is 2. The topological polar surface area (TPSA) is 117 Å². The number of aromatic amines is 1. The highest BCUT2D eigenvalue weighted by Crippen LogP contribution is 2.24. The monoisotopic (exact) mass is 340 g/mol. The van der Waals surface area contributed by atoms with Crippen molar-refractivity contribution in [1.29, 1.82) is 0 Å². The molecule has 0 unspecified atom stereocenters. The smallest absolute Gasteiger partial charge is 0.408 e. The highest BCUT2D eigenvalue weighted by atomic mass is 35.5. The molecule has 0 saturated heterocycles. The summed E-state index contributed by atoms with van der Waals surface area (Å²) in [7, 11) is 0. The van der Waals surface area contributed by atoms with E-state index in [-0.39, 0.29) is 11.6 Å². The maximum atomic E-state index is 11.8. The molecule has 1 amide bonds. The molecule has 0 radical (unpaired) electrons. The van der Waals surface area contributed by atoms with E-state index in [1.54, 1.807) is 27.0 Å². The second-order valence-corrected chi connectivity index (χ2v) is 6.30. The number of nitrogens with zero attached hydrogens (tertiary/aromatic N) is 2. The van der Waals surface area contributed by atoms with Crippen LogP contribution in [-0.4, -0.2) is 43.8 Å². The Labute approximate surface area is 137 Å². The number of carboxylic acid groups (broad SMARTS) is 1. The molecular formula is C14H17ClN4O4. The average Bonchev–Trinajstić information content (AvgIpc) is 2.80. The molecule has 0 bridgehead atoms. The average molecular weight is 341 g/mol. The van der Waals surface area contributed by atoms with Gasteiger partial charge >= 0.3 is 12.1 Å². The second-order valence-electron chi connectivity index (χ2n) is 5.94. The fourth-order valence-corrected chi connectivity index (χ4v) is 2.27. The number of amides is 1. The number of hydrogen-bond acceptors (Lipinski definition) is 5. The van der Waals surface area contributed by atoms with Gasteiger partial charge < -0.3 is 20.1 Å². The van der Waals surface area contributed by atoms with Gasteiger partial charge in [0.1, 0.15) is 28.8 Å². The molecule has 2 aromatic heterocycles. The van der Waals surface area contributed by atoms with E-state index < -0.39 is 23.7 Å². The Morgan fingerprint density at radius 1 is 1.43 bits per heavy atom. The van der Waals surface area contributed by atoms with Gasteiger partial charge in [0.25, 0.3) is 0 Å². The standard InChI is InChI=1S/C14H17ClN4O4/c1-14(2,3)23-13(22)19-8(12(20)21)4-7-5-16-11-9(7)10(15)17-6-18-11/h5-6,8H,4H2,1-3H3,(H,19,22)(H,20,21)(H,16,17,18)/t8-/m0/s1. The van der Waals surface area contributed by atoms with Crippen molar-refractivity contribution in [3.05, 3.63) is 23.2 Å². The van der Waals surface area contributed by atoms with E-state index in [2.05, 4.69) is 20.3 Å². The molecule has 0 saturated carbocycles. The summed E-state index contributed by atoms with van der Waals surface area (Å²) >= 11 is 6.03. The predicted octanol–water partition coefficient (Wildman–Crippen LogP) is 2.13. The van der Waals surface area contributed by atoms with Crippen LogP contribution in [0.15, 0.2) is 12.5 Å². The molecular weight excluding hydrogens is 324 g/mol. The lowest BCUT2D eigenvalue weighted by Gasteiger charge is -2.21. The van der Waals surface area contributed by atoms with Crippen molar-refractivity contribution in [2.75, 3.05) is 0 Å². The first-order valence-electron chi connectivity index (χ1n) is 6.86. The number of halogens is 1. The summed E-state index contributed by atoms with van der Waals surface area (Å²) in [4.78, 5) is 34.0. The van der Waals surface area contributed by atoms with Gasteiger partial charge in [-0.05, 0) is 26.3 Å². The number of rotatable bonds is 4. The van der Waals surface area contributed by atoms with Crippen LogP contribution in [0.25, 0.3) is 11.0 Å². The lowest BCUT2D eigenvalue weighted by atomic mass is 10.1. The summed E-state index contributed by atoms with van der Waals surface area (Å²) in [6.07, 6.45) is 2.12. The summed E-state index contributed by atoms with van der Waals surface area (Å²) < 4.78 is 5.08. The van der Waals surface area contributed by atoms with Gasteiger partial charge in [0.05, 0.1) is 5.39 Å². The molecule has 0 aliphatic heterocycles. The first-order chi connectivity index (χ1) is 10.7. The van der Waals surface area contributed by atoms with E-state index in [0.717, 1.165) is 0 Å². The summed E-state index contributed by atoms with van der Waals surface area (Å²) in [6, 6.07) is -1.17. The molecule has 0 aliphatic rings. The van der Waals surface area contributed by atoms with Gasteiger partial charge in [-0.2, -0.15) is 0 Å². The van der Waals surface area contributed by atoms with Gasteiger partial charge in [-0.1, -0.05) is 11.6 Å². The lowest BCUT2D eigenvalue weighted by Crippen LogP contribution is -2.44. The van der Waals surface area contributed by atoms with Gasteiger partial charge in [0.2, 0.25) is 0 Å². The maximum Gasteiger partial charge on any atom is 0.408 e. The van der Waals surface area contributed by atoms with Crippen molar-refractivity contribution in [3.63, 3.8) is 0 Å². The first-order valence-corrected chi connectivity index (χ1v) is 7.24. The number of carboxylic acids is 1. The molecule has 8 nitrogen and oxygen atoms in total. The Balaban J connectivity index is 2.19. The lowest BCUT2D eigenvalue weighted by molar-refractivity contribution is -0.139. The fraction of sp³-hybridized carbons (Fsp3) is 0.429. The van der Waals surface area contributed by atoms with Gasteiger partial charge in [0.15, 0.2) is 0 Å². The maximum absolute atomic E-state index is 11.8. The number of alkyl carbamates (subject to hydrolysis) is 1. The molecule has 23 heavy (non-hydrogen) atoms. The van der Waals surface area contributed by atoms with Gasteiger partial charge in [-0.3, -0.25) is 0 Å². The van der Waals surface area contributed by atoms with Crippen LogP contribution in [0.5, 0.6) is 0 Å². The second kappa shape index (κ2) is 6.41. The van der Waals surface area contributed by atoms with Gasteiger partial charge in [-0.15, -0.1) is 0 Å². The van der Waals surface area contributed by atoms with Crippen molar-refractivity contribution in [2.45, 2.75) is 38.8 Å². The molecule has 3 N–H and O–H groups in total. The van der Waals surface area contributed by atoms with Crippen molar-refractivity contribution in [1.82, 2.24) is 20.3 Å². The van der Waals surface area contributed by atoms with Crippen LogP contribution in [-0.2, 0) is 16.0 Å². The molecule has 0 fully saturated rings. The number of fused-ring (bicyclic) bond motifs is 1. The number of carbonyl (C=O) groups is 2. The largest absolute Gasteiger partial charge is 0.480 e. The van der Waals surface area contributed by atoms with Crippen LogP contribution in [0.2, 0.25) is 5.15 Å². The minimum atomic E-state index is -1.18. The SMILES string of the molecule is CC(C)(C)OC(=O)N[C@@H](Cc1c[nH]c2ncnc(Cl)c12)C(=O)O. The zero-order valence-corrected chi connectivity index (χ0v) is 13.6. The number of H-pyrrole nitrogens is 1. The number of aliphatic carboxylic acids is 1. The van der Waals surface area contributed by atoms with E-state index >= 15 is 0 Å². The Morgan fingerprint density at radius 3 is 2.74 bits per heavy atom. The quantitative estimate of drug-likeness (QED) is 0.734. The Kier molecular flexibility index (Phi) is 4.74. The number of hydrogen-bond donors (Lipinski definition) is 3. The van der Waals surface area contributed by atoms with Gasteiger partial charge in [0, 0.05) is 12.6 Å². The molecule has 0 aromatic carbocycles. The van der Waals surface area contributed by atoms with Crippen LogP contribution in [0, 0.1) is 0 Å². The minimum absolute atomic E-state index is 0.0155. The van der Waals surface area contributed by atoms with Crippen LogP contribution in [0.3, 0.4) is 0 Å². The highest BCUT2D eigenvalue weighted by Gasteiger charge is 2.25. The third-order valence-electron chi connectivity index (χ3n) is 2.92. The first kappa shape index (κ1) is 17.0. The number of ether oxygens (including phenoxy) is 1. The summed E-state index contributed by atoms with van der Waals surface area (Å²) in [5, 5.41) is 12.4. The van der Waals surface area contributed by atoms with E-state index in [9.17, 15) is 14.7 Å². The molecule has 2 aromatic rings. The van der Waals surface area contributed by atoms with Crippen LogP contribution < -0.4 is 5.32 Å². The van der Waals surface area contributed by atoms with E-state index in [0.29, 0.717) is 16.6 Å². The Morgan fingerprint density at radius 2 is 2.13 bits per heavy atom. The molecule has 124 valence electrons. The highest BCUT2D eigenvalue weighted by molar-refractivity contribution is 6.34. The van der Waals surface area contributed by atoms with E-state index in [1.165, 1.54) is 6.33 Å². The van der Waals surface area contributed by atoms with Crippen molar-refractivity contribution in [2.24, 2.45) is 0 Å². The molecule has 2 rings (SSSR count). The van der Waals surface area contributed by atoms with Gasteiger partial charge in [-0.25, -0.2) is 19.6 Å². The fourth-order valence-electron chi connectivity index (χ4n) is 2.02. The van der Waals surface area contributed by atoms with Crippen LogP contribution in [0.1, 0.15) is 26.3 Å². The molecule has 9 heteroatoms. The normalized spacial score (nSPS) is 12.9. The third kappa shape index (κ3) is 4.32. The minimum Gasteiger partial charge on any atom is -0.480 e. The van der Waals surface area contributed by atoms with Crippen LogP contribution in [0.4, 0.5) is 4.79 Å². The molecule has 0 aliphatic carbocycles. The molecule has 0 spiro atoms. The third-order valence-corrected chi connectivity index (χ3v) is 3.20. The van der Waals surface area contributed by atoms with Crippen molar-refractivity contribution < 1.29 is 19.4 Å². The summed E-state index contributed by atoms with van der Waals surface area (Å²) in [5.74, 6) is -1.18. The zero-order valence-electron chi connectivity index (χ0n) is 12.9. The molecule has 2 heterocycles. The molecule has 1 atom stereocenters. The van der Waals surface area contributed by atoms with E-state index in [1.807, 2.05) is 0 Å². The summed E-state index contributed by atoms with van der Waals surface area (Å²) in [5.41, 5.74) is 0.376. The number of carbonyl (C=O) groups excluding carboxylic acids is 1.